The fourth-order valence-electron chi connectivity index (χ4n) is 0.836. The standard InChI is InChI=1S/C6H13N5/c1-6(2,3)11-5(7-4)8-9-10-11/h1-4H3,(H,7,8,10)/p+1. The summed E-state index contributed by atoms with van der Waals surface area (Å²) in [6, 6.07) is 0. The number of nitrogens with one attached hydrogen (secondary N) is 2. The van der Waals surface area contributed by atoms with Gasteiger partial charge in [-0.3, -0.25) is 5.32 Å². The zero-order chi connectivity index (χ0) is 8.48. The van der Waals surface area contributed by atoms with Gasteiger partial charge in [0.15, 0.2) is 0 Å². The Hall–Kier alpha value is -1.13. The van der Waals surface area contributed by atoms with Crippen LogP contribution in [0.3, 0.4) is 0 Å². The molecule has 0 saturated carbocycles. The molecule has 1 heterocycles. The van der Waals surface area contributed by atoms with E-state index in [2.05, 4.69) is 41.6 Å². The highest BCUT2D eigenvalue weighted by molar-refractivity contribution is 5.09. The molecule has 0 amide bonds. The summed E-state index contributed by atoms with van der Waals surface area (Å²) in [7, 11) is 1.82. The highest BCUT2D eigenvalue weighted by Gasteiger charge is 2.23. The van der Waals surface area contributed by atoms with Crippen molar-refractivity contribution in [3.63, 3.8) is 0 Å². The summed E-state index contributed by atoms with van der Waals surface area (Å²) >= 11 is 0. The van der Waals surface area contributed by atoms with Gasteiger partial charge in [0.25, 0.3) is 0 Å². The van der Waals surface area contributed by atoms with Crippen LogP contribution in [0.25, 0.3) is 0 Å². The predicted octanol–water partition coefficient (Wildman–Crippen LogP) is -0.111. The summed E-state index contributed by atoms with van der Waals surface area (Å²) in [5.74, 6) is 0.748. The van der Waals surface area contributed by atoms with E-state index in [1.54, 1.807) is 0 Å². The average Bonchev–Trinajstić information content (AvgIpc) is 2.31. The molecule has 0 bridgehead atoms. The quantitative estimate of drug-likeness (QED) is 0.558. The number of tetrazole rings is 1. The summed E-state index contributed by atoms with van der Waals surface area (Å²) < 4.78 is 1.87. The molecule has 0 aromatic carbocycles. The van der Waals surface area contributed by atoms with Gasteiger partial charge in [-0.2, -0.15) is 4.68 Å². The molecule has 1 aromatic heterocycles. The molecule has 0 aliphatic carbocycles. The second kappa shape index (κ2) is 2.48. The van der Waals surface area contributed by atoms with Crippen molar-refractivity contribution in [1.29, 1.82) is 0 Å². The molecule has 0 unspecified atom stereocenters. The minimum atomic E-state index is -0.0121. The monoisotopic (exact) mass is 156 g/mol. The largest absolute Gasteiger partial charge is 0.400 e. The number of aromatic nitrogens is 4. The molecule has 0 saturated heterocycles. The summed E-state index contributed by atoms with van der Waals surface area (Å²) in [6.07, 6.45) is 0. The van der Waals surface area contributed by atoms with Crippen LogP contribution in [0.2, 0.25) is 0 Å². The average molecular weight is 156 g/mol. The molecule has 1 aromatic rings. The molecule has 11 heavy (non-hydrogen) atoms. The minimum absolute atomic E-state index is 0.0121. The molecule has 0 atom stereocenters. The van der Waals surface area contributed by atoms with Gasteiger partial charge in [0.1, 0.15) is 5.21 Å². The van der Waals surface area contributed by atoms with Crippen molar-refractivity contribution in [3.8, 4) is 0 Å². The van der Waals surface area contributed by atoms with E-state index in [1.165, 1.54) is 0 Å². The molecular weight excluding hydrogens is 142 g/mol. The number of anilines is 1. The Balaban J connectivity index is 3.02. The van der Waals surface area contributed by atoms with Gasteiger partial charge in [-0.15, -0.1) is 5.21 Å². The lowest BCUT2D eigenvalue weighted by molar-refractivity contribution is -0.794. The van der Waals surface area contributed by atoms with E-state index >= 15 is 0 Å². The van der Waals surface area contributed by atoms with Gasteiger partial charge in [-0.05, 0) is 20.8 Å². The van der Waals surface area contributed by atoms with E-state index in [0.29, 0.717) is 0 Å². The van der Waals surface area contributed by atoms with E-state index in [1.807, 2.05) is 11.7 Å². The Morgan fingerprint density at radius 2 is 2.09 bits per heavy atom. The van der Waals surface area contributed by atoms with E-state index in [9.17, 15) is 0 Å². The first-order chi connectivity index (χ1) is 5.05. The van der Waals surface area contributed by atoms with Crippen molar-refractivity contribution < 1.29 is 4.68 Å². The minimum Gasteiger partial charge on any atom is -0.293 e. The second-order valence-electron chi connectivity index (χ2n) is 3.38. The summed E-state index contributed by atoms with van der Waals surface area (Å²) in [4.78, 5) is 0. The Morgan fingerprint density at radius 3 is 2.45 bits per heavy atom. The van der Waals surface area contributed by atoms with Crippen LogP contribution in [0.4, 0.5) is 5.95 Å². The van der Waals surface area contributed by atoms with Gasteiger partial charge < -0.3 is 0 Å². The third kappa shape index (κ3) is 1.47. The Kier molecular flexibility index (Phi) is 1.80. The molecule has 0 aliphatic rings. The first-order valence-electron chi connectivity index (χ1n) is 3.57. The topological polar surface area (TPSA) is 57.5 Å². The van der Waals surface area contributed by atoms with Crippen LogP contribution < -0.4 is 10.00 Å². The molecule has 0 fully saturated rings. The van der Waals surface area contributed by atoms with Crippen molar-refractivity contribution in [2.75, 3.05) is 12.4 Å². The first kappa shape index (κ1) is 7.97. The van der Waals surface area contributed by atoms with Gasteiger partial charge in [0.2, 0.25) is 0 Å². The van der Waals surface area contributed by atoms with Crippen LogP contribution in [0, 0.1) is 0 Å². The lowest BCUT2D eigenvalue weighted by atomic mass is 10.1. The van der Waals surface area contributed by atoms with Crippen LogP contribution in [0.15, 0.2) is 0 Å². The normalized spacial score (nSPS) is 11.6. The van der Waals surface area contributed by atoms with Crippen molar-refractivity contribution in [2.24, 2.45) is 0 Å². The highest BCUT2D eigenvalue weighted by Crippen LogP contribution is 2.04. The van der Waals surface area contributed by atoms with Crippen LogP contribution in [0.1, 0.15) is 20.8 Å². The van der Waals surface area contributed by atoms with Gasteiger partial charge in [-0.25, -0.2) is 0 Å². The third-order valence-corrected chi connectivity index (χ3v) is 1.40. The van der Waals surface area contributed by atoms with Crippen LogP contribution in [0.5, 0.6) is 0 Å². The Morgan fingerprint density at radius 1 is 1.45 bits per heavy atom. The Labute approximate surface area is 65.8 Å². The molecule has 5 nitrogen and oxygen atoms in total. The SMILES string of the molecule is CNc1nn[nH][n+]1C(C)(C)C. The van der Waals surface area contributed by atoms with Gasteiger partial charge in [-0.1, -0.05) is 0 Å². The van der Waals surface area contributed by atoms with Crippen LogP contribution in [-0.4, -0.2) is 22.6 Å². The first-order valence-corrected chi connectivity index (χ1v) is 3.57. The number of nitrogens with zero attached hydrogens (tertiary/aromatic N) is 3. The maximum Gasteiger partial charge on any atom is 0.400 e. The second-order valence-corrected chi connectivity index (χ2v) is 3.38. The molecule has 2 N–H and O–H groups in total. The van der Waals surface area contributed by atoms with Crippen LogP contribution in [-0.2, 0) is 5.54 Å². The molecule has 1 rings (SSSR count). The third-order valence-electron chi connectivity index (χ3n) is 1.40. The smallest absolute Gasteiger partial charge is 0.293 e. The molecule has 0 aliphatic heterocycles. The van der Waals surface area contributed by atoms with E-state index in [-0.39, 0.29) is 5.54 Å². The zero-order valence-electron chi connectivity index (χ0n) is 7.34. The fraction of sp³-hybridized carbons (Fsp3) is 0.833. The van der Waals surface area contributed by atoms with E-state index in [4.69, 9.17) is 0 Å². The Bertz CT molecular complexity index is 233. The lowest BCUT2D eigenvalue weighted by Gasteiger charge is -2.14. The van der Waals surface area contributed by atoms with Crippen LogP contribution >= 0.6 is 0 Å². The number of rotatable bonds is 1. The van der Waals surface area contributed by atoms with E-state index in [0.717, 1.165) is 5.95 Å². The van der Waals surface area contributed by atoms with E-state index < -0.39 is 0 Å². The summed E-state index contributed by atoms with van der Waals surface area (Å²) in [5.41, 5.74) is -0.0121. The maximum absolute atomic E-state index is 3.85. The molecular formula is C6H14N5+. The van der Waals surface area contributed by atoms with Crippen molar-refractivity contribution in [2.45, 2.75) is 26.3 Å². The van der Waals surface area contributed by atoms with Crippen molar-refractivity contribution in [3.05, 3.63) is 0 Å². The van der Waals surface area contributed by atoms with Gasteiger partial charge in [0, 0.05) is 7.05 Å². The molecule has 5 heteroatoms. The summed E-state index contributed by atoms with van der Waals surface area (Å²) in [5, 5.41) is 13.3. The van der Waals surface area contributed by atoms with Gasteiger partial charge >= 0.3 is 5.95 Å². The number of H-pyrrole nitrogens is 1. The molecule has 0 spiro atoms. The fourth-order valence-corrected chi connectivity index (χ4v) is 0.836. The van der Waals surface area contributed by atoms with Crippen molar-refractivity contribution in [1.82, 2.24) is 15.5 Å². The number of hydrogen-bond donors (Lipinski definition) is 2. The van der Waals surface area contributed by atoms with Gasteiger partial charge in [0.05, 0.1) is 10.6 Å². The zero-order valence-corrected chi connectivity index (χ0v) is 7.34. The highest BCUT2D eigenvalue weighted by atomic mass is 15.6. The maximum atomic E-state index is 3.85. The summed E-state index contributed by atoms with van der Waals surface area (Å²) in [6.45, 7) is 6.23. The van der Waals surface area contributed by atoms with Crippen molar-refractivity contribution >= 4 is 5.95 Å². The molecule has 0 radical (unpaired) electrons. The lowest BCUT2D eigenvalue weighted by Crippen LogP contribution is -2.53. The predicted molar refractivity (Wildman–Crippen MR) is 41.1 cm³/mol. The number of hydrogen-bond acceptors (Lipinski definition) is 3. The number of aromatic amines is 1. The molecule has 62 valence electrons.